The van der Waals surface area contributed by atoms with Crippen molar-refractivity contribution in [2.24, 2.45) is 0 Å². The molecule has 4 nitrogen and oxygen atoms in total. The fraction of sp³-hybridized carbons (Fsp3) is 0.312. The maximum atomic E-state index is 13.3. The van der Waals surface area contributed by atoms with Gasteiger partial charge in [0.2, 0.25) is 0 Å². The summed E-state index contributed by atoms with van der Waals surface area (Å²) in [6.45, 7) is 11.7. The van der Waals surface area contributed by atoms with E-state index in [4.69, 9.17) is 0 Å². The minimum Gasteiger partial charge on any atom is -0.321 e. The molecule has 0 aliphatic heterocycles. The predicted octanol–water partition coefficient (Wildman–Crippen LogP) is 8.53. The van der Waals surface area contributed by atoms with Crippen LogP contribution < -0.4 is 5.32 Å². The molecular formula is C32H34F3N3OS. The Balaban J connectivity index is 1.53. The summed E-state index contributed by atoms with van der Waals surface area (Å²) in [5.41, 5.74) is 5.40. The van der Waals surface area contributed by atoms with Crippen LogP contribution in [-0.4, -0.2) is 15.8 Å². The topological polar surface area (TPSA) is 45.2 Å². The number of rotatable bonds is 8. The number of hydrogen-bond donors (Lipinski definition) is 1. The first-order valence-electron chi connectivity index (χ1n) is 13.1. The highest BCUT2D eigenvalue weighted by Crippen LogP contribution is 2.30. The third kappa shape index (κ3) is 7.79. The number of aryl methyl sites for hydroxylation is 2. The number of aromatic nitrogens is 1. The van der Waals surface area contributed by atoms with Crippen LogP contribution in [0.1, 0.15) is 69.6 Å². The molecule has 8 heteroatoms. The number of thiazole rings is 1. The molecule has 0 radical (unpaired) electrons. The van der Waals surface area contributed by atoms with Crippen molar-refractivity contribution in [3.05, 3.63) is 116 Å². The minimum absolute atomic E-state index is 0.0192. The fourth-order valence-corrected chi connectivity index (χ4v) is 5.15. The van der Waals surface area contributed by atoms with Gasteiger partial charge in [0, 0.05) is 24.2 Å². The van der Waals surface area contributed by atoms with Crippen LogP contribution in [0.2, 0.25) is 0 Å². The van der Waals surface area contributed by atoms with Gasteiger partial charge >= 0.3 is 6.18 Å². The fourth-order valence-electron chi connectivity index (χ4n) is 4.33. The third-order valence-electron chi connectivity index (χ3n) is 6.79. The lowest BCUT2D eigenvalue weighted by Crippen LogP contribution is -2.23. The van der Waals surface area contributed by atoms with E-state index in [9.17, 15) is 18.0 Å². The zero-order chi connectivity index (χ0) is 29.1. The van der Waals surface area contributed by atoms with E-state index in [-0.39, 0.29) is 11.3 Å². The monoisotopic (exact) mass is 565 g/mol. The van der Waals surface area contributed by atoms with Crippen molar-refractivity contribution >= 4 is 22.9 Å². The molecule has 0 atom stereocenters. The van der Waals surface area contributed by atoms with Crippen molar-refractivity contribution in [3.63, 3.8) is 0 Å². The summed E-state index contributed by atoms with van der Waals surface area (Å²) in [6, 6.07) is 19.5. The van der Waals surface area contributed by atoms with Crippen LogP contribution in [0.5, 0.6) is 0 Å². The summed E-state index contributed by atoms with van der Waals surface area (Å²) >= 11 is 1.36. The smallest absolute Gasteiger partial charge is 0.321 e. The molecular weight excluding hydrogens is 531 g/mol. The van der Waals surface area contributed by atoms with Crippen molar-refractivity contribution in [1.29, 1.82) is 0 Å². The normalized spacial score (nSPS) is 12.1. The number of benzene rings is 3. The first kappa shape index (κ1) is 29.5. The molecule has 4 aromatic rings. The number of anilines is 1. The van der Waals surface area contributed by atoms with E-state index in [0.29, 0.717) is 41.6 Å². The van der Waals surface area contributed by atoms with Crippen LogP contribution in [0.15, 0.2) is 72.1 Å². The zero-order valence-corrected chi connectivity index (χ0v) is 24.2. The van der Waals surface area contributed by atoms with Gasteiger partial charge in [0.1, 0.15) is 10.7 Å². The molecule has 0 spiro atoms. The van der Waals surface area contributed by atoms with E-state index >= 15 is 0 Å². The average Bonchev–Trinajstić information content (AvgIpc) is 3.34. The Hall–Kier alpha value is -3.49. The highest BCUT2D eigenvalue weighted by Gasteiger charge is 2.30. The van der Waals surface area contributed by atoms with Gasteiger partial charge in [-0.05, 0) is 65.3 Å². The van der Waals surface area contributed by atoms with E-state index in [1.54, 1.807) is 11.4 Å². The van der Waals surface area contributed by atoms with Gasteiger partial charge in [-0.2, -0.15) is 13.2 Å². The number of carbonyl (C=O) groups excluding carboxylic acids is 1. The lowest BCUT2D eigenvalue weighted by molar-refractivity contribution is -0.137. The number of alkyl halides is 3. The molecule has 0 saturated heterocycles. The van der Waals surface area contributed by atoms with Gasteiger partial charge < -0.3 is 5.32 Å². The summed E-state index contributed by atoms with van der Waals surface area (Å²) in [4.78, 5) is 19.5. The predicted molar refractivity (Wildman–Crippen MR) is 156 cm³/mol. The Morgan fingerprint density at radius 2 is 1.55 bits per heavy atom. The van der Waals surface area contributed by atoms with Gasteiger partial charge in [-0.25, -0.2) is 4.98 Å². The van der Waals surface area contributed by atoms with E-state index < -0.39 is 11.7 Å². The second kappa shape index (κ2) is 11.9. The average molecular weight is 566 g/mol. The third-order valence-corrected chi connectivity index (χ3v) is 7.63. The molecule has 4 rings (SSSR count). The standard InChI is InChI=1S/C32H34F3N3OS/c1-21-9-14-27(15-22(21)2)36-30(39)28-20-40-29(37-28)19-38(17-23-10-12-25(13-11-23)31(3,4)5)18-24-7-6-8-26(16-24)32(33,34)35/h6-16,20H,17-19H2,1-5H3,(H,36,39). The Kier molecular flexibility index (Phi) is 8.80. The van der Waals surface area contributed by atoms with Gasteiger partial charge in [0.05, 0.1) is 12.1 Å². The largest absolute Gasteiger partial charge is 0.416 e. The van der Waals surface area contributed by atoms with Gasteiger partial charge in [0.25, 0.3) is 5.91 Å². The number of hydrogen-bond acceptors (Lipinski definition) is 4. The minimum atomic E-state index is -4.41. The van der Waals surface area contributed by atoms with Crippen molar-refractivity contribution in [2.45, 2.75) is 65.8 Å². The molecule has 40 heavy (non-hydrogen) atoms. The van der Waals surface area contributed by atoms with Crippen molar-refractivity contribution in [2.75, 3.05) is 5.32 Å². The summed E-state index contributed by atoms with van der Waals surface area (Å²) < 4.78 is 40.0. The second-order valence-electron chi connectivity index (χ2n) is 11.2. The summed E-state index contributed by atoms with van der Waals surface area (Å²) in [5.74, 6) is -0.298. The van der Waals surface area contributed by atoms with Crippen LogP contribution in [0, 0.1) is 13.8 Å². The molecule has 1 aromatic heterocycles. The Morgan fingerprint density at radius 3 is 2.20 bits per heavy atom. The molecule has 1 heterocycles. The molecule has 1 N–H and O–H groups in total. The summed E-state index contributed by atoms with van der Waals surface area (Å²) in [5, 5.41) is 5.32. The Labute approximate surface area is 237 Å². The van der Waals surface area contributed by atoms with Crippen molar-refractivity contribution in [3.8, 4) is 0 Å². The molecule has 1 amide bonds. The molecule has 3 aromatic carbocycles. The van der Waals surface area contributed by atoms with Crippen LogP contribution in [-0.2, 0) is 31.2 Å². The van der Waals surface area contributed by atoms with Gasteiger partial charge in [0.15, 0.2) is 0 Å². The first-order valence-corrected chi connectivity index (χ1v) is 14.0. The second-order valence-corrected chi connectivity index (χ2v) is 12.1. The number of nitrogens with zero attached hydrogens (tertiary/aromatic N) is 2. The molecule has 210 valence electrons. The van der Waals surface area contributed by atoms with Gasteiger partial charge in [-0.3, -0.25) is 9.69 Å². The van der Waals surface area contributed by atoms with E-state index in [0.717, 1.165) is 22.8 Å². The van der Waals surface area contributed by atoms with Crippen LogP contribution >= 0.6 is 11.3 Å². The molecule has 0 bridgehead atoms. The maximum Gasteiger partial charge on any atom is 0.416 e. The molecule has 0 saturated carbocycles. The Morgan fingerprint density at radius 1 is 0.850 bits per heavy atom. The summed E-state index contributed by atoms with van der Waals surface area (Å²) in [7, 11) is 0. The van der Waals surface area contributed by atoms with Crippen molar-refractivity contribution < 1.29 is 18.0 Å². The highest BCUT2D eigenvalue weighted by molar-refractivity contribution is 7.09. The number of carbonyl (C=O) groups is 1. The molecule has 0 unspecified atom stereocenters. The first-order chi connectivity index (χ1) is 18.8. The molecule has 0 aliphatic carbocycles. The zero-order valence-electron chi connectivity index (χ0n) is 23.4. The van der Waals surface area contributed by atoms with Gasteiger partial charge in [-0.15, -0.1) is 11.3 Å². The van der Waals surface area contributed by atoms with E-state index in [1.165, 1.54) is 29.0 Å². The maximum absolute atomic E-state index is 13.3. The number of nitrogens with one attached hydrogen (secondary N) is 1. The van der Waals surface area contributed by atoms with Crippen LogP contribution in [0.4, 0.5) is 18.9 Å². The summed E-state index contributed by atoms with van der Waals surface area (Å²) in [6.07, 6.45) is -4.41. The lowest BCUT2D eigenvalue weighted by atomic mass is 9.87. The lowest BCUT2D eigenvalue weighted by Gasteiger charge is -2.23. The van der Waals surface area contributed by atoms with E-state index in [1.807, 2.05) is 36.9 Å². The highest BCUT2D eigenvalue weighted by atomic mass is 32.1. The van der Waals surface area contributed by atoms with Crippen LogP contribution in [0.3, 0.4) is 0 Å². The van der Waals surface area contributed by atoms with E-state index in [2.05, 4.69) is 55.3 Å². The van der Waals surface area contributed by atoms with Crippen molar-refractivity contribution in [1.82, 2.24) is 9.88 Å². The molecule has 0 fully saturated rings. The van der Waals surface area contributed by atoms with Crippen LogP contribution in [0.25, 0.3) is 0 Å². The SMILES string of the molecule is Cc1ccc(NC(=O)c2csc(CN(Cc3ccc(C(C)(C)C)cc3)Cc3cccc(C(F)(F)F)c3)n2)cc1C. The number of amides is 1. The number of halogens is 3. The Bertz CT molecular complexity index is 1470. The molecule has 0 aliphatic rings. The van der Waals surface area contributed by atoms with Gasteiger partial charge in [-0.1, -0.05) is 69.3 Å². The quantitative estimate of drug-likeness (QED) is 0.233.